The number of carbonyl (C=O) groups excluding carboxylic acids is 1. The van der Waals surface area contributed by atoms with Gasteiger partial charge in [-0.15, -0.1) is 0 Å². The molecule has 0 bridgehead atoms. The van der Waals surface area contributed by atoms with E-state index in [4.69, 9.17) is 0 Å². The molecule has 0 aliphatic heterocycles. The Morgan fingerprint density at radius 1 is 1.14 bits per heavy atom. The first-order chi connectivity index (χ1) is 13.0. The summed E-state index contributed by atoms with van der Waals surface area (Å²) in [5.41, 5.74) is 1.24. The Labute approximate surface area is 161 Å². The summed E-state index contributed by atoms with van der Waals surface area (Å²) in [6.45, 7) is 4.04. The fourth-order valence-electron chi connectivity index (χ4n) is 4.18. The maximum atomic E-state index is 14.6. The van der Waals surface area contributed by atoms with Gasteiger partial charge in [-0.25, -0.2) is 4.39 Å². The normalized spacial score (nSPS) is 19.0. The van der Waals surface area contributed by atoms with Crippen LogP contribution in [0, 0.1) is 11.2 Å². The van der Waals surface area contributed by atoms with Crippen LogP contribution in [0.2, 0.25) is 0 Å². The van der Waals surface area contributed by atoms with Crippen molar-refractivity contribution in [3.8, 4) is 11.1 Å². The van der Waals surface area contributed by atoms with Crippen molar-refractivity contribution in [2.45, 2.75) is 51.8 Å². The number of hydrogen-bond acceptors (Lipinski definition) is 2. The average molecular weight is 394 g/mol. The third-order valence-corrected chi connectivity index (χ3v) is 5.71. The molecule has 0 amide bonds. The molecular weight excluding hydrogens is 372 g/mol. The number of aliphatic hydroxyl groups is 1. The highest BCUT2D eigenvalue weighted by Crippen LogP contribution is 2.51. The van der Waals surface area contributed by atoms with Crippen LogP contribution in [-0.4, -0.2) is 17.1 Å². The summed E-state index contributed by atoms with van der Waals surface area (Å²) >= 11 is 0. The number of halogens is 4. The zero-order valence-corrected chi connectivity index (χ0v) is 15.7. The molecule has 1 aliphatic carbocycles. The van der Waals surface area contributed by atoms with Crippen molar-refractivity contribution in [1.82, 2.24) is 0 Å². The van der Waals surface area contributed by atoms with Crippen molar-refractivity contribution in [2.24, 2.45) is 5.41 Å². The molecule has 2 aromatic rings. The van der Waals surface area contributed by atoms with E-state index in [0.717, 1.165) is 43.0 Å². The lowest BCUT2D eigenvalue weighted by Crippen LogP contribution is -2.22. The van der Waals surface area contributed by atoms with E-state index in [2.05, 4.69) is 13.8 Å². The highest BCUT2D eigenvalue weighted by atomic mass is 19.4. The Balaban J connectivity index is 2.17. The van der Waals surface area contributed by atoms with Gasteiger partial charge in [0.2, 0.25) is 0 Å². The first-order valence-electron chi connectivity index (χ1n) is 9.20. The summed E-state index contributed by atoms with van der Waals surface area (Å²) in [5.74, 6) is -2.61. The first-order valence-corrected chi connectivity index (χ1v) is 9.20. The predicted molar refractivity (Wildman–Crippen MR) is 98.5 cm³/mol. The van der Waals surface area contributed by atoms with Crippen LogP contribution >= 0.6 is 0 Å². The predicted octanol–water partition coefficient (Wildman–Crippen LogP) is 6.02. The van der Waals surface area contributed by atoms with E-state index in [1.165, 1.54) is 0 Å². The summed E-state index contributed by atoms with van der Waals surface area (Å²) in [7, 11) is 0. The molecule has 1 saturated carbocycles. The second-order valence-corrected chi connectivity index (χ2v) is 8.03. The topological polar surface area (TPSA) is 37.3 Å². The number of Topliss-reactive ketones (excluding diaryl/α,β-unsaturated/α-hetero) is 1. The van der Waals surface area contributed by atoms with E-state index in [-0.39, 0.29) is 23.5 Å². The Bertz CT molecular complexity index is 900. The zero-order valence-electron chi connectivity index (χ0n) is 15.7. The highest BCUT2D eigenvalue weighted by Gasteiger charge is 2.40. The van der Waals surface area contributed by atoms with Crippen LogP contribution in [0.5, 0.6) is 0 Å². The van der Waals surface area contributed by atoms with Gasteiger partial charge in [-0.1, -0.05) is 38.5 Å². The number of rotatable bonds is 4. The highest BCUT2D eigenvalue weighted by molar-refractivity contribution is 6.01. The molecule has 1 N–H and O–H groups in total. The number of carbonyl (C=O) groups is 1. The van der Waals surface area contributed by atoms with Crippen LogP contribution in [-0.2, 0) is 6.61 Å². The fourth-order valence-corrected chi connectivity index (χ4v) is 4.18. The Hall–Kier alpha value is -2.21. The Morgan fingerprint density at radius 2 is 1.86 bits per heavy atom. The van der Waals surface area contributed by atoms with E-state index in [1.54, 1.807) is 18.2 Å². The fraction of sp³-hybridized carbons (Fsp3) is 0.409. The lowest BCUT2D eigenvalue weighted by Gasteiger charge is -2.30. The Kier molecular flexibility index (Phi) is 5.36. The van der Waals surface area contributed by atoms with Gasteiger partial charge in [0, 0.05) is 11.1 Å². The number of benzene rings is 2. The monoisotopic (exact) mass is 394 g/mol. The average Bonchev–Trinajstić information content (AvgIpc) is 2.99. The number of ketones is 1. The number of hydrogen-bond donors (Lipinski definition) is 1. The van der Waals surface area contributed by atoms with Gasteiger partial charge in [0.25, 0.3) is 5.78 Å². The standard InChI is InChI=1S/C22H22F4O2/c1-21(2)9-3-4-18(21)16-10-13(12-27)5-7-15(16)17-11-14(6-8-19(17)23)20(28)22(24,25)26/h5-8,10-11,18,27H,3-4,9,12H2,1-2H3/t18-/m0/s1. The third kappa shape index (κ3) is 3.83. The largest absolute Gasteiger partial charge is 0.454 e. The smallest absolute Gasteiger partial charge is 0.392 e. The van der Waals surface area contributed by atoms with Gasteiger partial charge in [0.05, 0.1) is 6.61 Å². The van der Waals surface area contributed by atoms with Gasteiger partial charge >= 0.3 is 6.18 Å². The summed E-state index contributed by atoms with van der Waals surface area (Å²) in [6, 6.07) is 7.77. The molecule has 6 heteroatoms. The van der Waals surface area contributed by atoms with Crippen LogP contribution in [0.15, 0.2) is 36.4 Å². The Morgan fingerprint density at radius 3 is 2.43 bits per heavy atom. The van der Waals surface area contributed by atoms with Crippen molar-refractivity contribution in [1.29, 1.82) is 0 Å². The molecule has 0 radical (unpaired) electrons. The molecule has 2 nitrogen and oxygen atoms in total. The molecule has 0 aromatic heterocycles. The van der Waals surface area contributed by atoms with E-state index in [1.807, 2.05) is 0 Å². The molecule has 1 aliphatic rings. The molecule has 1 fully saturated rings. The summed E-state index contributed by atoms with van der Waals surface area (Å²) in [5, 5.41) is 9.51. The van der Waals surface area contributed by atoms with Crippen molar-refractivity contribution in [3.05, 3.63) is 58.9 Å². The van der Waals surface area contributed by atoms with E-state index in [9.17, 15) is 27.5 Å². The van der Waals surface area contributed by atoms with E-state index >= 15 is 0 Å². The number of aliphatic hydroxyl groups excluding tert-OH is 1. The number of alkyl halides is 3. The molecule has 3 rings (SSSR count). The quantitative estimate of drug-likeness (QED) is 0.508. The van der Waals surface area contributed by atoms with E-state index < -0.39 is 23.3 Å². The van der Waals surface area contributed by atoms with E-state index in [0.29, 0.717) is 11.1 Å². The molecule has 0 spiro atoms. The van der Waals surface area contributed by atoms with Crippen molar-refractivity contribution < 1.29 is 27.5 Å². The lowest BCUT2D eigenvalue weighted by atomic mass is 9.75. The molecule has 2 aromatic carbocycles. The summed E-state index contributed by atoms with van der Waals surface area (Å²) < 4.78 is 53.1. The zero-order chi connectivity index (χ0) is 20.7. The van der Waals surface area contributed by atoms with Gasteiger partial charge in [-0.05, 0) is 59.1 Å². The minimum absolute atomic E-state index is 0.0303. The lowest BCUT2D eigenvalue weighted by molar-refractivity contribution is -0.0885. The second-order valence-electron chi connectivity index (χ2n) is 8.03. The molecule has 0 saturated heterocycles. The molecule has 28 heavy (non-hydrogen) atoms. The van der Waals surface area contributed by atoms with Crippen molar-refractivity contribution in [2.75, 3.05) is 0 Å². The minimum atomic E-state index is -5.02. The molecule has 150 valence electrons. The SMILES string of the molecule is CC1(C)CCC[C@H]1c1cc(CO)ccc1-c1cc(C(=O)C(F)(F)F)ccc1F. The van der Waals surface area contributed by atoms with Gasteiger partial charge in [-0.3, -0.25) is 4.79 Å². The summed E-state index contributed by atoms with van der Waals surface area (Å²) in [4.78, 5) is 11.6. The molecule has 0 unspecified atom stereocenters. The third-order valence-electron chi connectivity index (χ3n) is 5.71. The molecule has 0 heterocycles. The molecular formula is C22H22F4O2. The van der Waals surface area contributed by atoms with Gasteiger partial charge in [0.1, 0.15) is 5.82 Å². The van der Waals surface area contributed by atoms with Crippen LogP contribution < -0.4 is 0 Å². The van der Waals surface area contributed by atoms with Gasteiger partial charge < -0.3 is 5.11 Å². The van der Waals surface area contributed by atoms with Crippen LogP contribution in [0.25, 0.3) is 11.1 Å². The first kappa shape index (κ1) is 20.5. The van der Waals surface area contributed by atoms with Crippen molar-refractivity contribution in [3.63, 3.8) is 0 Å². The maximum absolute atomic E-state index is 14.6. The van der Waals surface area contributed by atoms with Crippen molar-refractivity contribution >= 4 is 5.78 Å². The van der Waals surface area contributed by atoms with Gasteiger partial charge in [-0.2, -0.15) is 13.2 Å². The second kappa shape index (κ2) is 7.32. The minimum Gasteiger partial charge on any atom is -0.392 e. The van der Waals surface area contributed by atoms with Crippen LogP contribution in [0.3, 0.4) is 0 Å². The molecule has 1 atom stereocenters. The summed E-state index contributed by atoms with van der Waals surface area (Å²) in [6.07, 6.45) is -2.17. The van der Waals surface area contributed by atoms with Crippen LogP contribution in [0.4, 0.5) is 17.6 Å². The van der Waals surface area contributed by atoms with Crippen LogP contribution in [0.1, 0.15) is 60.5 Å². The van der Waals surface area contributed by atoms with Gasteiger partial charge in [0.15, 0.2) is 0 Å². The maximum Gasteiger partial charge on any atom is 0.454 e.